The van der Waals surface area contributed by atoms with Crippen LogP contribution in [0.25, 0.3) is 0 Å². The van der Waals surface area contributed by atoms with E-state index in [1.54, 1.807) is 37.1 Å². The number of hydrogen-bond donors (Lipinski definition) is 4. The van der Waals surface area contributed by atoms with Crippen LogP contribution in [0.3, 0.4) is 0 Å². The van der Waals surface area contributed by atoms with Crippen LogP contribution in [0.15, 0.2) is 48.5 Å². The molecule has 0 saturated carbocycles. The number of aromatic nitrogens is 2. The zero-order valence-corrected chi connectivity index (χ0v) is 21.2. The van der Waals surface area contributed by atoms with Gasteiger partial charge in [-0.15, -0.1) is 0 Å². The zero-order valence-electron chi connectivity index (χ0n) is 21.2. The lowest BCUT2D eigenvalue weighted by Gasteiger charge is -2.37. The molecular weight excluding hydrogens is 474 g/mol. The highest BCUT2D eigenvalue weighted by atomic mass is 16.5. The summed E-state index contributed by atoms with van der Waals surface area (Å²) < 4.78 is 12.2. The predicted octanol–water partition coefficient (Wildman–Crippen LogP) is 1.84. The molecular formula is C26H31N7O4. The summed E-state index contributed by atoms with van der Waals surface area (Å²) >= 11 is 0. The Kier molecular flexibility index (Phi) is 6.72. The van der Waals surface area contributed by atoms with E-state index in [-0.39, 0.29) is 30.3 Å². The number of aryl methyl sites for hydroxylation is 2. The topological polar surface area (TPSA) is 122 Å². The number of fused-ring (bicyclic) bond motifs is 1. The number of carbonyl (C=O) groups excluding carboxylic acids is 2. The molecule has 2 aliphatic heterocycles. The largest absolute Gasteiger partial charge is 0.493 e. The van der Waals surface area contributed by atoms with Gasteiger partial charge < -0.3 is 20.1 Å². The second kappa shape index (κ2) is 10.1. The number of nitrogens with zero attached hydrogens (tertiary/aromatic N) is 3. The maximum atomic E-state index is 13.0. The third kappa shape index (κ3) is 4.95. The molecule has 0 aliphatic carbocycles. The van der Waals surface area contributed by atoms with Gasteiger partial charge in [-0.25, -0.2) is 10.1 Å². The summed E-state index contributed by atoms with van der Waals surface area (Å²) in [6, 6.07) is 15.2. The highest BCUT2D eigenvalue weighted by molar-refractivity contribution is 5.91. The second-order valence-electron chi connectivity index (χ2n) is 9.23. The summed E-state index contributed by atoms with van der Waals surface area (Å²) in [5.74, 6) is 1.03. The number of hydrogen-bond acceptors (Lipinski definition) is 8. The van der Waals surface area contributed by atoms with Gasteiger partial charge in [0.15, 0.2) is 17.8 Å². The van der Waals surface area contributed by atoms with E-state index in [9.17, 15) is 9.59 Å². The molecule has 37 heavy (non-hydrogen) atoms. The Labute approximate surface area is 215 Å². The van der Waals surface area contributed by atoms with Crippen molar-refractivity contribution in [1.82, 2.24) is 25.8 Å². The minimum absolute atomic E-state index is 0.0911. The third-order valence-electron chi connectivity index (χ3n) is 6.58. The fourth-order valence-corrected chi connectivity index (χ4v) is 4.72. The molecule has 2 saturated heterocycles. The average molecular weight is 506 g/mol. The van der Waals surface area contributed by atoms with Crippen LogP contribution in [0.4, 0.5) is 11.5 Å². The number of benzene rings is 2. The standard InChI is InChI=1S/C26H31N7O4/c1-15-5-8-18(9-6-15)32-24-19(14-27-32)25(35)30-26(29-24)33-22(11-16(2)31-33)28-23(34)13-17-7-10-20(36-3)21(12-17)37-4/h5-12,19,24,26-27,29H,13-14H2,1-4H3,(H,28,34)(H,30,35). The summed E-state index contributed by atoms with van der Waals surface area (Å²) in [6.45, 7) is 4.38. The lowest BCUT2D eigenvalue weighted by molar-refractivity contribution is -0.129. The number of carbonyl (C=O) groups is 2. The molecule has 2 aromatic carbocycles. The van der Waals surface area contributed by atoms with Crippen molar-refractivity contribution in [3.8, 4) is 11.5 Å². The molecule has 0 radical (unpaired) electrons. The Balaban J connectivity index is 1.33. The Morgan fingerprint density at radius 3 is 2.57 bits per heavy atom. The Hall–Kier alpha value is -4.09. The first kappa shape index (κ1) is 24.6. The lowest BCUT2D eigenvalue weighted by atomic mass is 10.0. The molecule has 3 atom stereocenters. The van der Waals surface area contributed by atoms with E-state index in [0.29, 0.717) is 29.6 Å². The Morgan fingerprint density at radius 1 is 1.08 bits per heavy atom. The van der Waals surface area contributed by atoms with Gasteiger partial charge in [-0.1, -0.05) is 23.8 Å². The minimum atomic E-state index is -0.647. The first-order valence-electron chi connectivity index (χ1n) is 12.1. The van der Waals surface area contributed by atoms with E-state index < -0.39 is 6.29 Å². The molecule has 2 fully saturated rings. The first-order valence-corrected chi connectivity index (χ1v) is 12.1. The van der Waals surface area contributed by atoms with Crippen LogP contribution < -0.4 is 35.9 Å². The summed E-state index contributed by atoms with van der Waals surface area (Å²) in [4.78, 5) is 26.0. The predicted molar refractivity (Wildman–Crippen MR) is 138 cm³/mol. The van der Waals surface area contributed by atoms with Crippen molar-refractivity contribution in [2.45, 2.75) is 32.7 Å². The SMILES string of the molecule is COc1ccc(CC(=O)Nc2cc(C)nn2C2NC(=O)C3CNN(c4ccc(C)cc4)C3N2)cc1OC. The molecule has 2 amide bonds. The van der Waals surface area contributed by atoms with Crippen LogP contribution in [0.1, 0.15) is 23.1 Å². The molecule has 5 rings (SSSR count). The number of ether oxygens (including phenoxy) is 2. The average Bonchev–Trinajstić information content (AvgIpc) is 3.47. The van der Waals surface area contributed by atoms with Gasteiger partial charge in [0, 0.05) is 12.6 Å². The maximum Gasteiger partial charge on any atom is 0.230 e. The summed E-state index contributed by atoms with van der Waals surface area (Å²) in [5, 5.41) is 15.9. The van der Waals surface area contributed by atoms with Crippen LogP contribution in [0, 0.1) is 19.8 Å². The maximum absolute atomic E-state index is 13.0. The number of rotatable bonds is 7. The van der Waals surface area contributed by atoms with Crippen molar-refractivity contribution in [3.05, 3.63) is 65.4 Å². The summed E-state index contributed by atoms with van der Waals surface area (Å²) in [6.07, 6.45) is -0.807. The van der Waals surface area contributed by atoms with Crippen molar-refractivity contribution in [1.29, 1.82) is 0 Å². The van der Waals surface area contributed by atoms with Gasteiger partial charge >= 0.3 is 0 Å². The molecule has 0 spiro atoms. The van der Waals surface area contributed by atoms with Crippen LogP contribution >= 0.6 is 0 Å². The van der Waals surface area contributed by atoms with Crippen molar-refractivity contribution in [2.24, 2.45) is 5.92 Å². The molecule has 194 valence electrons. The van der Waals surface area contributed by atoms with Crippen molar-refractivity contribution < 1.29 is 19.1 Å². The van der Waals surface area contributed by atoms with Gasteiger partial charge in [0.1, 0.15) is 12.0 Å². The van der Waals surface area contributed by atoms with Crippen LogP contribution in [0.5, 0.6) is 11.5 Å². The van der Waals surface area contributed by atoms with Gasteiger partial charge in [0.05, 0.1) is 37.9 Å². The molecule has 2 aliphatic rings. The van der Waals surface area contributed by atoms with Crippen LogP contribution in [-0.2, 0) is 16.0 Å². The number of nitrogens with one attached hydrogen (secondary N) is 4. The molecule has 0 bridgehead atoms. The van der Waals surface area contributed by atoms with Gasteiger partial charge in [-0.2, -0.15) is 5.10 Å². The highest BCUT2D eigenvalue weighted by Crippen LogP contribution is 2.29. The molecule has 1 aromatic heterocycles. The second-order valence-corrected chi connectivity index (χ2v) is 9.23. The van der Waals surface area contributed by atoms with E-state index >= 15 is 0 Å². The molecule has 11 nitrogen and oxygen atoms in total. The molecule has 4 N–H and O–H groups in total. The van der Waals surface area contributed by atoms with E-state index in [4.69, 9.17) is 9.47 Å². The van der Waals surface area contributed by atoms with Gasteiger partial charge in [-0.3, -0.25) is 19.9 Å². The minimum Gasteiger partial charge on any atom is -0.493 e. The smallest absolute Gasteiger partial charge is 0.230 e. The fraction of sp³-hybridized carbons (Fsp3) is 0.346. The fourth-order valence-electron chi connectivity index (χ4n) is 4.72. The van der Waals surface area contributed by atoms with Gasteiger partial charge in [0.25, 0.3) is 0 Å². The van der Waals surface area contributed by atoms with Gasteiger partial charge in [0.2, 0.25) is 11.8 Å². The first-order chi connectivity index (χ1) is 17.9. The summed E-state index contributed by atoms with van der Waals surface area (Å²) in [7, 11) is 3.12. The molecule has 3 heterocycles. The highest BCUT2D eigenvalue weighted by Gasteiger charge is 2.45. The Bertz CT molecular complexity index is 1310. The number of amides is 2. The lowest BCUT2D eigenvalue weighted by Crippen LogP contribution is -2.61. The van der Waals surface area contributed by atoms with Crippen molar-refractivity contribution in [3.63, 3.8) is 0 Å². The van der Waals surface area contributed by atoms with Crippen LogP contribution in [-0.4, -0.2) is 48.5 Å². The third-order valence-corrected chi connectivity index (χ3v) is 6.58. The van der Waals surface area contributed by atoms with E-state index in [0.717, 1.165) is 16.8 Å². The quantitative estimate of drug-likeness (QED) is 0.384. The molecule has 3 unspecified atom stereocenters. The molecule has 11 heteroatoms. The zero-order chi connectivity index (χ0) is 26.1. The summed E-state index contributed by atoms with van der Waals surface area (Å²) in [5.41, 5.74) is 6.92. The van der Waals surface area contributed by atoms with E-state index in [1.165, 1.54) is 0 Å². The molecule has 3 aromatic rings. The van der Waals surface area contributed by atoms with Crippen LogP contribution in [0.2, 0.25) is 0 Å². The Morgan fingerprint density at radius 2 is 1.84 bits per heavy atom. The van der Waals surface area contributed by atoms with Crippen molar-refractivity contribution >= 4 is 23.3 Å². The monoisotopic (exact) mass is 505 g/mol. The number of hydrazine groups is 1. The van der Waals surface area contributed by atoms with E-state index in [1.807, 2.05) is 49.2 Å². The number of methoxy groups -OCH3 is 2. The van der Waals surface area contributed by atoms with E-state index in [2.05, 4.69) is 26.5 Å². The normalized spacial score (nSPS) is 20.8. The van der Waals surface area contributed by atoms with Crippen molar-refractivity contribution in [2.75, 3.05) is 31.1 Å². The van der Waals surface area contributed by atoms with Gasteiger partial charge in [-0.05, 0) is 43.7 Å². The number of anilines is 2.